The maximum absolute atomic E-state index is 11.7. The lowest BCUT2D eigenvalue weighted by Crippen LogP contribution is -2.17. The maximum Gasteiger partial charge on any atom is 0.232 e. The molecule has 0 aliphatic carbocycles. The number of sulfonamides is 1. The van der Waals surface area contributed by atoms with Crippen molar-refractivity contribution in [2.75, 3.05) is 24.2 Å². The summed E-state index contributed by atoms with van der Waals surface area (Å²) >= 11 is 3.33. The van der Waals surface area contributed by atoms with Crippen LogP contribution in [0, 0.1) is 0 Å². The van der Waals surface area contributed by atoms with Crippen molar-refractivity contribution in [3.05, 3.63) is 29.8 Å². The van der Waals surface area contributed by atoms with Crippen LogP contribution in [0.4, 0.5) is 5.69 Å². The van der Waals surface area contributed by atoms with Gasteiger partial charge in [-0.2, -0.15) is 0 Å². The van der Waals surface area contributed by atoms with E-state index in [1.54, 1.807) is 13.2 Å². The van der Waals surface area contributed by atoms with Gasteiger partial charge in [0.1, 0.15) is 0 Å². The van der Waals surface area contributed by atoms with Gasteiger partial charge in [0.05, 0.1) is 5.75 Å². The molecular formula is C11H16BrNO3S. The first kappa shape index (κ1) is 14.5. The van der Waals surface area contributed by atoms with E-state index >= 15 is 0 Å². The fourth-order valence-corrected chi connectivity index (χ4v) is 2.78. The van der Waals surface area contributed by atoms with Crippen molar-refractivity contribution in [2.24, 2.45) is 0 Å². The van der Waals surface area contributed by atoms with Gasteiger partial charge in [0.25, 0.3) is 0 Å². The van der Waals surface area contributed by atoms with E-state index in [9.17, 15) is 8.42 Å². The van der Waals surface area contributed by atoms with E-state index < -0.39 is 10.0 Å². The van der Waals surface area contributed by atoms with Crippen LogP contribution in [0.1, 0.15) is 12.0 Å². The largest absolute Gasteiger partial charge is 0.385 e. The minimum atomic E-state index is -3.28. The first-order valence-electron chi connectivity index (χ1n) is 5.22. The van der Waals surface area contributed by atoms with Crippen molar-refractivity contribution >= 4 is 31.6 Å². The van der Waals surface area contributed by atoms with Gasteiger partial charge in [-0.25, -0.2) is 8.42 Å². The van der Waals surface area contributed by atoms with E-state index in [1.807, 2.05) is 18.2 Å². The second kappa shape index (κ2) is 6.98. The molecule has 0 heterocycles. The molecule has 0 aliphatic rings. The molecule has 0 bridgehead atoms. The third-order valence-electron chi connectivity index (χ3n) is 2.12. The van der Waals surface area contributed by atoms with Crippen LogP contribution in [0.5, 0.6) is 0 Å². The number of halogens is 1. The number of methoxy groups -OCH3 is 1. The number of alkyl halides is 1. The predicted octanol–water partition coefficient (Wildman–Crippen LogP) is 2.36. The van der Waals surface area contributed by atoms with Crippen molar-refractivity contribution in [1.29, 1.82) is 0 Å². The van der Waals surface area contributed by atoms with Gasteiger partial charge in [0, 0.05) is 24.7 Å². The van der Waals surface area contributed by atoms with Crippen LogP contribution < -0.4 is 4.72 Å². The van der Waals surface area contributed by atoms with Gasteiger partial charge in [0.15, 0.2) is 0 Å². The van der Waals surface area contributed by atoms with E-state index in [0.29, 0.717) is 24.0 Å². The first-order chi connectivity index (χ1) is 8.07. The molecule has 1 N–H and O–H groups in total. The van der Waals surface area contributed by atoms with Crippen molar-refractivity contribution in [1.82, 2.24) is 0 Å². The molecule has 0 amide bonds. The molecule has 0 aliphatic heterocycles. The van der Waals surface area contributed by atoms with Crippen LogP contribution >= 0.6 is 15.9 Å². The number of benzene rings is 1. The number of hydrogen-bond acceptors (Lipinski definition) is 3. The molecule has 0 fully saturated rings. The van der Waals surface area contributed by atoms with E-state index in [2.05, 4.69) is 20.7 Å². The predicted molar refractivity (Wildman–Crippen MR) is 73.0 cm³/mol. The lowest BCUT2D eigenvalue weighted by atomic mass is 10.2. The van der Waals surface area contributed by atoms with Crippen LogP contribution in [0.2, 0.25) is 0 Å². The van der Waals surface area contributed by atoms with Crippen LogP contribution in [0.3, 0.4) is 0 Å². The van der Waals surface area contributed by atoms with Gasteiger partial charge in [0.2, 0.25) is 10.0 Å². The van der Waals surface area contributed by atoms with Gasteiger partial charge in [-0.3, -0.25) is 4.72 Å². The highest BCUT2D eigenvalue weighted by molar-refractivity contribution is 9.08. The third kappa shape index (κ3) is 5.52. The molecule has 0 unspecified atom stereocenters. The molecule has 17 heavy (non-hydrogen) atoms. The van der Waals surface area contributed by atoms with Crippen LogP contribution in [0.25, 0.3) is 0 Å². The Morgan fingerprint density at radius 3 is 2.82 bits per heavy atom. The third-order valence-corrected chi connectivity index (χ3v) is 4.14. The van der Waals surface area contributed by atoms with E-state index in [0.717, 1.165) is 5.56 Å². The number of ether oxygens (including phenoxy) is 1. The Balaban J connectivity index is 2.62. The maximum atomic E-state index is 11.7. The SMILES string of the molecule is COCCCS(=O)(=O)Nc1cccc(CBr)c1. The van der Waals surface area contributed by atoms with E-state index in [-0.39, 0.29) is 5.75 Å². The van der Waals surface area contributed by atoms with Gasteiger partial charge in [-0.05, 0) is 24.1 Å². The van der Waals surface area contributed by atoms with Gasteiger partial charge >= 0.3 is 0 Å². The standard InChI is InChI=1S/C11H16BrNO3S/c1-16-6-3-7-17(14,15)13-11-5-2-4-10(8-11)9-12/h2,4-5,8,13H,3,6-7,9H2,1H3. The van der Waals surface area contributed by atoms with Crippen molar-refractivity contribution in [3.63, 3.8) is 0 Å². The van der Waals surface area contributed by atoms with E-state index in [1.165, 1.54) is 0 Å². The van der Waals surface area contributed by atoms with Crippen molar-refractivity contribution < 1.29 is 13.2 Å². The van der Waals surface area contributed by atoms with Crippen molar-refractivity contribution in [2.45, 2.75) is 11.8 Å². The quantitative estimate of drug-likeness (QED) is 0.619. The van der Waals surface area contributed by atoms with E-state index in [4.69, 9.17) is 4.74 Å². The molecule has 6 heteroatoms. The number of nitrogens with one attached hydrogen (secondary N) is 1. The van der Waals surface area contributed by atoms with Crippen LogP contribution in [-0.4, -0.2) is 27.9 Å². The molecule has 0 radical (unpaired) electrons. The lowest BCUT2D eigenvalue weighted by Gasteiger charge is -2.08. The number of anilines is 1. The normalized spacial score (nSPS) is 11.4. The molecule has 96 valence electrons. The Hall–Kier alpha value is -0.590. The molecule has 4 nitrogen and oxygen atoms in total. The summed E-state index contributed by atoms with van der Waals surface area (Å²) in [5.41, 5.74) is 1.63. The molecule has 1 aromatic carbocycles. The minimum absolute atomic E-state index is 0.0688. The zero-order chi connectivity index (χ0) is 12.7. The molecule has 0 saturated heterocycles. The average Bonchev–Trinajstić information content (AvgIpc) is 2.29. The van der Waals surface area contributed by atoms with Gasteiger partial charge < -0.3 is 4.74 Å². The highest BCUT2D eigenvalue weighted by Crippen LogP contribution is 2.14. The summed E-state index contributed by atoms with van der Waals surface area (Å²) in [6.07, 6.45) is 0.490. The monoisotopic (exact) mass is 321 g/mol. The Kier molecular flexibility index (Phi) is 5.94. The molecule has 1 rings (SSSR count). The lowest BCUT2D eigenvalue weighted by molar-refractivity contribution is 0.199. The molecule has 0 saturated carbocycles. The summed E-state index contributed by atoms with van der Waals surface area (Å²) in [6, 6.07) is 7.30. The Labute approximate surface area is 111 Å². The zero-order valence-corrected chi connectivity index (χ0v) is 12.1. The van der Waals surface area contributed by atoms with Crippen LogP contribution in [0.15, 0.2) is 24.3 Å². The molecule has 0 spiro atoms. The minimum Gasteiger partial charge on any atom is -0.385 e. The summed E-state index contributed by atoms with van der Waals surface area (Å²) in [5.74, 6) is 0.0688. The molecule has 0 atom stereocenters. The number of rotatable bonds is 7. The first-order valence-corrected chi connectivity index (χ1v) is 7.99. The Morgan fingerprint density at radius 1 is 1.41 bits per heavy atom. The molecule has 0 aromatic heterocycles. The summed E-state index contributed by atoms with van der Waals surface area (Å²) < 4.78 is 30.8. The highest BCUT2D eigenvalue weighted by atomic mass is 79.9. The second-order valence-corrected chi connectivity index (χ2v) is 6.00. The van der Waals surface area contributed by atoms with Crippen LogP contribution in [-0.2, 0) is 20.1 Å². The highest BCUT2D eigenvalue weighted by Gasteiger charge is 2.09. The fourth-order valence-electron chi connectivity index (χ4n) is 1.34. The average molecular weight is 322 g/mol. The molecular weight excluding hydrogens is 306 g/mol. The smallest absolute Gasteiger partial charge is 0.232 e. The fraction of sp³-hybridized carbons (Fsp3) is 0.455. The summed E-state index contributed by atoms with van der Waals surface area (Å²) in [5, 5.41) is 0.701. The Bertz CT molecular complexity index is 448. The summed E-state index contributed by atoms with van der Waals surface area (Å²) in [7, 11) is -1.72. The second-order valence-electron chi connectivity index (χ2n) is 3.60. The zero-order valence-electron chi connectivity index (χ0n) is 9.65. The topological polar surface area (TPSA) is 55.4 Å². The van der Waals surface area contributed by atoms with Gasteiger partial charge in [-0.15, -0.1) is 0 Å². The summed E-state index contributed by atoms with van der Waals surface area (Å²) in [6.45, 7) is 0.447. The Morgan fingerprint density at radius 2 is 2.18 bits per heavy atom. The van der Waals surface area contributed by atoms with Gasteiger partial charge in [-0.1, -0.05) is 28.1 Å². The summed E-state index contributed by atoms with van der Waals surface area (Å²) in [4.78, 5) is 0. The van der Waals surface area contributed by atoms with Crippen molar-refractivity contribution in [3.8, 4) is 0 Å². The number of hydrogen-bond donors (Lipinski definition) is 1. The molecule has 1 aromatic rings.